The normalized spacial score (nSPS) is 13.6. The summed E-state index contributed by atoms with van der Waals surface area (Å²) in [7, 11) is 1.31. The summed E-state index contributed by atoms with van der Waals surface area (Å²) in [5.41, 5.74) is 2.93. The molecule has 0 aliphatic heterocycles. The van der Waals surface area contributed by atoms with Crippen LogP contribution in [0.5, 0.6) is 5.75 Å². The van der Waals surface area contributed by atoms with Gasteiger partial charge in [0, 0.05) is 18.5 Å². The zero-order valence-electron chi connectivity index (χ0n) is 30.3. The molecule has 3 amide bonds. The number of carboxylic acids is 1. The number of carboxylic acid groups (broad SMARTS) is 1. The van der Waals surface area contributed by atoms with Gasteiger partial charge in [-0.15, -0.1) is 0 Å². The molecule has 0 bridgehead atoms. The van der Waals surface area contributed by atoms with E-state index in [1.807, 2.05) is 5.32 Å². The van der Waals surface area contributed by atoms with Gasteiger partial charge in [-0.1, -0.05) is 68.4 Å². The molecule has 6 N–H and O–H groups in total. The Bertz CT molecular complexity index is 1900. The number of ether oxygens (including phenoxy) is 1. The second kappa shape index (κ2) is 19.6. The summed E-state index contributed by atoms with van der Waals surface area (Å²) in [4.78, 5) is 61.4. The average Bonchev–Trinajstić information content (AvgIpc) is 3.14. The zero-order valence-corrected chi connectivity index (χ0v) is 30.3. The van der Waals surface area contributed by atoms with Gasteiger partial charge in [-0.3, -0.25) is 19.2 Å². The molecular formula is C36H35F11N4O7. The number of nitrogens with two attached hydrogens (primary N) is 1. The summed E-state index contributed by atoms with van der Waals surface area (Å²) in [5, 5.41) is 13.1. The summed E-state index contributed by atoms with van der Waals surface area (Å²) in [6.45, 7) is 2.57. The maximum atomic E-state index is 15.5. The maximum Gasteiger partial charge on any atom is 0.490 e. The van der Waals surface area contributed by atoms with Crippen LogP contribution in [-0.2, 0) is 49.0 Å². The SMILES string of the molecule is COc1ccc([C@H](NC(=O)[C@H](Cc2ccc(CN)cc2)NC(=O)C(F)(F)c2ccccc2C(F)(F)F)C(=O)N[C@H](C(=O)C(F)(F)F)C(C)C)cc1.O=C(O)C(F)(F)F. The number of hydrogen-bond donors (Lipinski definition) is 5. The van der Waals surface area contributed by atoms with Gasteiger partial charge in [-0.05, 0) is 40.8 Å². The minimum atomic E-state index is -5.34. The molecular weight excluding hydrogens is 809 g/mol. The van der Waals surface area contributed by atoms with Crippen molar-refractivity contribution in [2.45, 2.75) is 69.4 Å². The minimum Gasteiger partial charge on any atom is -0.497 e. The number of ketones is 1. The van der Waals surface area contributed by atoms with Crippen LogP contribution in [-0.4, -0.2) is 66.1 Å². The minimum absolute atomic E-state index is 0.0644. The highest BCUT2D eigenvalue weighted by atomic mass is 19.4. The van der Waals surface area contributed by atoms with Crippen LogP contribution in [0.15, 0.2) is 72.8 Å². The van der Waals surface area contributed by atoms with Gasteiger partial charge in [0.25, 0.3) is 11.7 Å². The first-order valence-electron chi connectivity index (χ1n) is 16.4. The van der Waals surface area contributed by atoms with Crippen molar-refractivity contribution in [1.29, 1.82) is 0 Å². The average molecular weight is 845 g/mol. The third-order valence-electron chi connectivity index (χ3n) is 7.94. The van der Waals surface area contributed by atoms with Crippen LogP contribution in [0, 0.1) is 5.92 Å². The van der Waals surface area contributed by atoms with Crippen molar-refractivity contribution in [2.24, 2.45) is 11.7 Å². The Morgan fingerprint density at radius 1 is 0.690 bits per heavy atom. The lowest BCUT2D eigenvalue weighted by Crippen LogP contribution is -2.56. The summed E-state index contributed by atoms with van der Waals surface area (Å²) >= 11 is 0. The fourth-order valence-electron chi connectivity index (χ4n) is 4.92. The molecule has 11 nitrogen and oxygen atoms in total. The van der Waals surface area contributed by atoms with Crippen molar-refractivity contribution in [1.82, 2.24) is 16.0 Å². The van der Waals surface area contributed by atoms with Crippen molar-refractivity contribution in [3.8, 4) is 5.75 Å². The molecule has 0 spiro atoms. The Balaban J connectivity index is 0.00000151. The molecule has 58 heavy (non-hydrogen) atoms. The van der Waals surface area contributed by atoms with Crippen LogP contribution < -0.4 is 26.4 Å². The highest BCUT2D eigenvalue weighted by Crippen LogP contribution is 2.39. The third kappa shape index (κ3) is 13.4. The molecule has 0 saturated heterocycles. The second-order valence-corrected chi connectivity index (χ2v) is 12.5. The van der Waals surface area contributed by atoms with E-state index in [1.54, 1.807) is 5.32 Å². The van der Waals surface area contributed by atoms with Crippen LogP contribution in [0.2, 0.25) is 0 Å². The molecule has 0 aliphatic carbocycles. The topological polar surface area (TPSA) is 177 Å². The van der Waals surface area contributed by atoms with Gasteiger partial charge < -0.3 is 31.5 Å². The van der Waals surface area contributed by atoms with Crippen LogP contribution in [0.3, 0.4) is 0 Å². The summed E-state index contributed by atoms with van der Waals surface area (Å²) in [6, 6.07) is 7.59. The number of halogens is 11. The van der Waals surface area contributed by atoms with Gasteiger partial charge in [0.2, 0.25) is 11.8 Å². The van der Waals surface area contributed by atoms with Crippen LogP contribution in [0.25, 0.3) is 0 Å². The van der Waals surface area contributed by atoms with Crippen LogP contribution in [0.4, 0.5) is 48.3 Å². The molecule has 0 heterocycles. The first kappa shape index (κ1) is 48.3. The largest absolute Gasteiger partial charge is 0.497 e. The number of rotatable bonds is 14. The molecule has 0 saturated carbocycles. The van der Waals surface area contributed by atoms with Gasteiger partial charge in [-0.25, -0.2) is 4.79 Å². The third-order valence-corrected chi connectivity index (χ3v) is 7.94. The molecule has 3 aromatic carbocycles. The summed E-state index contributed by atoms with van der Waals surface area (Å²) < 4.78 is 149. The lowest BCUT2D eigenvalue weighted by molar-refractivity contribution is -0.192. The van der Waals surface area contributed by atoms with Crippen LogP contribution in [0.1, 0.15) is 47.7 Å². The Morgan fingerprint density at radius 2 is 1.19 bits per heavy atom. The van der Waals surface area contributed by atoms with Crippen molar-refractivity contribution in [3.63, 3.8) is 0 Å². The van der Waals surface area contributed by atoms with E-state index < -0.39 is 95.5 Å². The fourth-order valence-corrected chi connectivity index (χ4v) is 4.92. The summed E-state index contributed by atoms with van der Waals surface area (Å²) in [5.74, 6) is -15.6. The molecule has 0 fully saturated rings. The molecule has 318 valence electrons. The van der Waals surface area contributed by atoms with Crippen LogP contribution >= 0.6 is 0 Å². The van der Waals surface area contributed by atoms with E-state index in [-0.39, 0.29) is 23.4 Å². The quantitative estimate of drug-likeness (QED) is 0.127. The standard InChI is InChI=1S/C34H34F8N4O5.C2HF3O2/c1-18(2)26(28(47)34(40,41)42)45-30(49)27(21-12-14-22(51-3)15-13-21)46-29(48)25(16-19-8-10-20(17-43)11-9-19)44-31(50)32(35,36)23-6-4-5-7-24(23)33(37,38)39;3-2(4,5)1(6)7/h4-15,18,25-27H,16-17,43H2,1-3H3,(H,44,50)(H,45,49)(H,46,48);(H,6,7)/t25-,26-,27-;/m0./s1. The monoisotopic (exact) mass is 844 g/mol. The van der Waals surface area contributed by atoms with Crippen molar-refractivity contribution >= 4 is 29.5 Å². The smallest absolute Gasteiger partial charge is 0.490 e. The van der Waals surface area contributed by atoms with Gasteiger partial charge in [0.05, 0.1) is 18.7 Å². The Labute approximate surface area is 322 Å². The van der Waals surface area contributed by atoms with Gasteiger partial charge >= 0.3 is 30.4 Å². The van der Waals surface area contributed by atoms with E-state index in [0.717, 1.165) is 12.1 Å². The second-order valence-electron chi connectivity index (χ2n) is 12.5. The number of nitrogens with one attached hydrogen (secondary N) is 3. The van der Waals surface area contributed by atoms with Gasteiger partial charge in [0.15, 0.2) is 0 Å². The number of carbonyl (C=O) groups excluding carboxylic acids is 4. The highest BCUT2D eigenvalue weighted by molar-refractivity contribution is 5.97. The number of hydrogen-bond acceptors (Lipinski definition) is 7. The predicted octanol–water partition coefficient (Wildman–Crippen LogP) is 5.76. The van der Waals surface area contributed by atoms with E-state index in [9.17, 15) is 58.7 Å². The number of carbonyl (C=O) groups is 5. The van der Waals surface area contributed by atoms with Gasteiger partial charge in [0.1, 0.15) is 17.8 Å². The fraction of sp³-hybridized carbons (Fsp3) is 0.361. The molecule has 0 unspecified atom stereocenters. The molecule has 0 aliphatic rings. The molecule has 22 heteroatoms. The van der Waals surface area contributed by atoms with Crippen molar-refractivity contribution < 1.29 is 82.1 Å². The number of Topliss-reactive ketones (excluding diaryl/α,β-unsaturated/α-hetero) is 1. The van der Waals surface area contributed by atoms with E-state index >= 15 is 8.78 Å². The maximum absolute atomic E-state index is 15.5. The van der Waals surface area contributed by atoms with Gasteiger partial charge in [-0.2, -0.15) is 48.3 Å². The van der Waals surface area contributed by atoms with E-state index in [0.29, 0.717) is 17.7 Å². The summed E-state index contributed by atoms with van der Waals surface area (Å²) in [6.07, 6.45) is -16.2. The Kier molecular flexibility index (Phi) is 16.3. The Hall–Kier alpha value is -5.80. The van der Waals surface area contributed by atoms with Crippen molar-refractivity contribution in [2.75, 3.05) is 7.11 Å². The molecule has 0 radical (unpaired) electrons. The first-order chi connectivity index (χ1) is 26.6. The van der Waals surface area contributed by atoms with E-state index in [2.05, 4.69) is 5.32 Å². The van der Waals surface area contributed by atoms with Crippen molar-refractivity contribution in [3.05, 3.63) is 101 Å². The predicted molar refractivity (Wildman–Crippen MR) is 181 cm³/mol. The number of aliphatic carboxylic acids is 1. The Morgan fingerprint density at radius 3 is 1.62 bits per heavy atom. The number of methoxy groups -OCH3 is 1. The van der Waals surface area contributed by atoms with E-state index in [4.69, 9.17) is 20.4 Å². The number of amides is 3. The highest BCUT2D eigenvalue weighted by Gasteiger charge is 2.49. The lowest BCUT2D eigenvalue weighted by Gasteiger charge is -2.28. The first-order valence-corrected chi connectivity index (χ1v) is 16.4. The number of benzene rings is 3. The lowest BCUT2D eigenvalue weighted by atomic mass is 9.97. The van der Waals surface area contributed by atoms with E-state index in [1.165, 1.54) is 69.5 Å². The molecule has 3 aromatic rings. The molecule has 0 aromatic heterocycles. The number of alkyl halides is 11. The molecule has 3 rings (SSSR count). The molecule has 3 atom stereocenters. The zero-order chi connectivity index (χ0) is 44.4.